The molecule has 0 aliphatic heterocycles. The first kappa shape index (κ1) is 21.2. The Morgan fingerprint density at radius 2 is 1.94 bits per heavy atom. The van der Waals surface area contributed by atoms with Crippen LogP contribution in [0.15, 0.2) is 52.1 Å². The summed E-state index contributed by atoms with van der Waals surface area (Å²) >= 11 is 4.88. The first-order valence-corrected chi connectivity index (χ1v) is 11.2. The molecule has 0 aliphatic carbocycles. The highest BCUT2D eigenvalue weighted by Gasteiger charge is 2.21. The molecule has 2 aromatic carbocycles. The van der Waals surface area contributed by atoms with Crippen LogP contribution < -0.4 is 0 Å². The quantitative estimate of drug-likeness (QED) is 0.257. The number of ketones is 1. The van der Waals surface area contributed by atoms with Gasteiger partial charge in [0.1, 0.15) is 11.3 Å². The van der Waals surface area contributed by atoms with Crippen molar-refractivity contribution in [3.63, 3.8) is 0 Å². The van der Waals surface area contributed by atoms with Crippen LogP contribution in [0.4, 0.5) is 5.69 Å². The van der Waals surface area contributed by atoms with Gasteiger partial charge in [0, 0.05) is 28.5 Å². The van der Waals surface area contributed by atoms with Gasteiger partial charge in [-0.25, -0.2) is 9.83 Å². The Bertz CT molecular complexity index is 1380. The Morgan fingerprint density at radius 1 is 1.13 bits per heavy atom. The van der Waals surface area contributed by atoms with E-state index >= 15 is 0 Å². The van der Waals surface area contributed by atoms with E-state index in [0.717, 1.165) is 15.4 Å². The highest BCUT2D eigenvalue weighted by atomic mass is 79.9. The van der Waals surface area contributed by atoms with Gasteiger partial charge in [0.15, 0.2) is 11.3 Å². The highest BCUT2D eigenvalue weighted by molar-refractivity contribution is 9.10. The zero-order valence-corrected chi connectivity index (χ0v) is 18.9. The molecule has 31 heavy (non-hydrogen) atoms. The van der Waals surface area contributed by atoms with Crippen molar-refractivity contribution in [1.29, 1.82) is 0 Å². The van der Waals surface area contributed by atoms with E-state index in [1.54, 1.807) is 6.07 Å². The van der Waals surface area contributed by atoms with Gasteiger partial charge < -0.3 is 4.79 Å². The van der Waals surface area contributed by atoms with Gasteiger partial charge in [0.05, 0.1) is 12.1 Å². The molecule has 0 bridgehead atoms. The fourth-order valence-corrected chi connectivity index (χ4v) is 4.58. The lowest BCUT2D eigenvalue weighted by atomic mass is 10.2. The maximum atomic E-state index is 13.0. The summed E-state index contributed by atoms with van der Waals surface area (Å²) in [6.07, 6.45) is 0.257. The van der Waals surface area contributed by atoms with E-state index in [2.05, 4.69) is 36.0 Å². The maximum absolute atomic E-state index is 13.0. The lowest BCUT2D eigenvalue weighted by molar-refractivity contribution is -0.117. The van der Waals surface area contributed by atoms with Crippen LogP contribution in [-0.2, 0) is 10.5 Å². The second-order valence-corrected chi connectivity index (χ2v) is 8.66. The van der Waals surface area contributed by atoms with Crippen molar-refractivity contribution < 1.29 is 9.59 Å². The van der Waals surface area contributed by atoms with E-state index < -0.39 is 0 Å². The number of benzene rings is 2. The average molecular weight is 494 g/mol. The molecule has 7 nitrogen and oxygen atoms in total. The van der Waals surface area contributed by atoms with Gasteiger partial charge in [-0.15, -0.1) is 10.2 Å². The number of Topliss-reactive ketones (excluding diaryl/α,β-unsaturated/α-hetero) is 1. The number of halogens is 1. The van der Waals surface area contributed by atoms with Crippen LogP contribution in [0.3, 0.4) is 0 Å². The third kappa shape index (κ3) is 4.22. The molecular weight excluding hydrogens is 478 g/mol. The molecule has 0 N–H and O–H groups in total. The van der Waals surface area contributed by atoms with E-state index in [0.29, 0.717) is 33.3 Å². The molecule has 0 amide bonds. The molecule has 0 saturated heterocycles. The van der Waals surface area contributed by atoms with Crippen LogP contribution in [0.5, 0.6) is 0 Å². The van der Waals surface area contributed by atoms with Crippen molar-refractivity contribution in [3.8, 4) is 0 Å². The predicted octanol–water partition coefficient (Wildman–Crippen LogP) is 5.59. The largest absolute Gasteiger partial charge is 0.300 e. The number of nitrogens with zero attached hydrogens (tertiary/aromatic N) is 5. The van der Waals surface area contributed by atoms with Crippen LogP contribution in [0.1, 0.15) is 30.1 Å². The summed E-state index contributed by atoms with van der Waals surface area (Å²) < 4.78 is 2.31. The zero-order valence-electron chi connectivity index (χ0n) is 16.5. The molecule has 2 aromatic heterocycles. The smallest absolute Gasteiger partial charge is 0.233 e. The minimum Gasteiger partial charge on any atom is -0.300 e. The summed E-state index contributed by atoms with van der Waals surface area (Å²) in [5.74, 6) is 0.245. The van der Waals surface area contributed by atoms with E-state index in [9.17, 15) is 9.59 Å². The number of hydrogen-bond acceptors (Lipinski definition) is 6. The second-order valence-electron chi connectivity index (χ2n) is 6.86. The van der Waals surface area contributed by atoms with Gasteiger partial charge in [-0.05, 0) is 24.6 Å². The molecule has 0 spiro atoms. The fraction of sp³-hybridized carbons (Fsp3) is 0.182. The second kappa shape index (κ2) is 8.96. The van der Waals surface area contributed by atoms with Crippen LogP contribution in [0.2, 0.25) is 0 Å². The molecule has 0 unspecified atom stereocenters. The van der Waals surface area contributed by atoms with Crippen molar-refractivity contribution >= 4 is 67.1 Å². The Morgan fingerprint density at radius 3 is 2.71 bits per heavy atom. The number of aromatic nitrogens is 4. The summed E-state index contributed by atoms with van der Waals surface area (Å²) in [6.45, 7) is 8.77. The van der Waals surface area contributed by atoms with Gasteiger partial charge in [-0.1, -0.05) is 58.0 Å². The molecule has 4 rings (SSSR count). The number of carbonyl (C=O) groups is 2. The lowest BCUT2D eigenvalue weighted by Crippen LogP contribution is -2.12. The summed E-state index contributed by atoms with van der Waals surface area (Å²) in [6, 6.07) is 12.9. The lowest BCUT2D eigenvalue weighted by Gasteiger charge is -2.06. The Balaban J connectivity index is 1.77. The van der Waals surface area contributed by atoms with Gasteiger partial charge >= 0.3 is 0 Å². The van der Waals surface area contributed by atoms with Crippen molar-refractivity contribution in [1.82, 2.24) is 19.7 Å². The Labute approximate surface area is 190 Å². The predicted molar refractivity (Wildman–Crippen MR) is 123 cm³/mol. The third-order valence-electron chi connectivity index (χ3n) is 4.74. The third-order valence-corrected chi connectivity index (χ3v) is 6.29. The normalized spacial score (nSPS) is 11.0. The zero-order chi connectivity index (χ0) is 22.0. The molecular formula is C22H16BrN5O2S. The first-order valence-electron chi connectivity index (χ1n) is 9.43. The molecule has 4 aromatic rings. The van der Waals surface area contributed by atoms with E-state index in [4.69, 9.17) is 6.57 Å². The molecule has 2 heterocycles. The molecule has 0 fully saturated rings. The minimum atomic E-state index is -0.219. The van der Waals surface area contributed by atoms with E-state index in [-0.39, 0.29) is 24.5 Å². The molecule has 0 saturated carbocycles. The van der Waals surface area contributed by atoms with Gasteiger partial charge in [0.2, 0.25) is 11.1 Å². The molecule has 0 radical (unpaired) electrons. The van der Waals surface area contributed by atoms with Gasteiger partial charge in [-0.2, -0.15) is 0 Å². The van der Waals surface area contributed by atoms with Crippen LogP contribution >= 0.6 is 27.7 Å². The van der Waals surface area contributed by atoms with E-state index in [1.807, 2.05) is 36.4 Å². The topological polar surface area (TPSA) is 82.1 Å². The number of carbonyl (C=O) groups excluding carboxylic acids is 2. The molecule has 0 aliphatic rings. The van der Waals surface area contributed by atoms with Gasteiger partial charge in [-0.3, -0.25) is 9.36 Å². The van der Waals surface area contributed by atoms with Crippen LogP contribution in [0.25, 0.3) is 26.9 Å². The monoisotopic (exact) mass is 493 g/mol. The number of thioether (sulfide) groups is 1. The average Bonchev–Trinajstić information content (AvgIpc) is 3.11. The van der Waals surface area contributed by atoms with Crippen molar-refractivity contribution in [2.24, 2.45) is 0 Å². The first-order chi connectivity index (χ1) is 15.0. The van der Waals surface area contributed by atoms with Crippen LogP contribution in [0, 0.1) is 6.57 Å². The standard InChI is InChI=1S/C22H16BrN5O2S/c1-13(29)10-11-18(30)28-17-9-5-7-15(23)19(17)20-21(28)25-22(27-26-20)31-12-14-6-3-4-8-16(14)24-2/h3-9H,10-12H2,1H3. The summed E-state index contributed by atoms with van der Waals surface area (Å²) in [5.41, 5.74) is 3.06. The summed E-state index contributed by atoms with van der Waals surface area (Å²) in [5, 5.41) is 9.76. The fourth-order valence-electron chi connectivity index (χ4n) is 3.26. The summed E-state index contributed by atoms with van der Waals surface area (Å²) in [7, 11) is 0. The number of hydrogen-bond donors (Lipinski definition) is 0. The molecule has 0 atom stereocenters. The molecule has 154 valence electrons. The number of rotatable bonds is 6. The SMILES string of the molecule is [C-]#[N+]c1ccccc1CSc1nnc2c3c(Br)cccc3n(C(=O)CCC(C)=O)c2n1. The highest BCUT2D eigenvalue weighted by Crippen LogP contribution is 2.34. The Hall–Kier alpha value is -3.09. The van der Waals surface area contributed by atoms with Crippen molar-refractivity contribution in [3.05, 3.63) is 63.9 Å². The maximum Gasteiger partial charge on any atom is 0.233 e. The Kier molecular flexibility index (Phi) is 6.11. The minimum absolute atomic E-state index is 0.0437. The van der Waals surface area contributed by atoms with Crippen LogP contribution in [-0.4, -0.2) is 31.4 Å². The summed E-state index contributed by atoms with van der Waals surface area (Å²) in [4.78, 5) is 32.5. The molecule has 9 heteroatoms. The van der Waals surface area contributed by atoms with E-state index in [1.165, 1.54) is 23.3 Å². The number of fused-ring (bicyclic) bond motifs is 3. The number of para-hydroxylation sites is 1. The van der Waals surface area contributed by atoms with Crippen molar-refractivity contribution in [2.75, 3.05) is 0 Å². The van der Waals surface area contributed by atoms with Crippen molar-refractivity contribution in [2.45, 2.75) is 30.7 Å². The van der Waals surface area contributed by atoms with Gasteiger partial charge in [0.25, 0.3) is 0 Å².